The number of aryl methyl sites for hydroxylation is 1. The molecule has 1 aliphatic carbocycles. The monoisotopic (exact) mass is 225 g/mol. The van der Waals surface area contributed by atoms with Gasteiger partial charge in [0.1, 0.15) is 5.82 Å². The highest BCUT2D eigenvalue weighted by Crippen LogP contribution is 2.34. The summed E-state index contributed by atoms with van der Waals surface area (Å²) in [6.45, 7) is 0. The lowest BCUT2D eigenvalue weighted by Crippen LogP contribution is -2.14. The van der Waals surface area contributed by atoms with Gasteiger partial charge in [-0.05, 0) is 43.0 Å². The van der Waals surface area contributed by atoms with E-state index in [2.05, 4.69) is 16.0 Å². The zero-order valence-electron chi connectivity index (χ0n) is 9.63. The minimum absolute atomic E-state index is 0.309. The summed E-state index contributed by atoms with van der Waals surface area (Å²) in [6, 6.07) is 10.0. The van der Waals surface area contributed by atoms with Gasteiger partial charge >= 0.3 is 0 Å². The van der Waals surface area contributed by atoms with Crippen molar-refractivity contribution >= 4 is 5.82 Å². The van der Waals surface area contributed by atoms with Crippen LogP contribution >= 0.6 is 0 Å². The zero-order chi connectivity index (χ0) is 11.7. The second-order valence-electron chi connectivity index (χ2n) is 4.48. The summed E-state index contributed by atoms with van der Waals surface area (Å²) in [5.74, 6) is 0.897. The van der Waals surface area contributed by atoms with Gasteiger partial charge in [0.05, 0.1) is 11.4 Å². The molecule has 0 saturated carbocycles. The summed E-state index contributed by atoms with van der Waals surface area (Å²) in [4.78, 5) is 8.96. The molecule has 0 amide bonds. The van der Waals surface area contributed by atoms with Gasteiger partial charge in [-0.2, -0.15) is 0 Å². The zero-order valence-corrected chi connectivity index (χ0v) is 9.63. The second kappa shape index (κ2) is 4.17. The van der Waals surface area contributed by atoms with Crippen LogP contribution in [-0.4, -0.2) is 9.97 Å². The molecule has 2 aromatic rings. The summed E-state index contributed by atoms with van der Waals surface area (Å²) >= 11 is 0. The number of nitrogen functional groups attached to an aromatic ring is 1. The van der Waals surface area contributed by atoms with Gasteiger partial charge in [-0.25, -0.2) is 4.98 Å². The predicted octanol–water partition coefficient (Wildman–Crippen LogP) is 2.53. The third kappa shape index (κ3) is 1.88. The van der Waals surface area contributed by atoms with Crippen molar-refractivity contribution in [2.75, 3.05) is 5.73 Å². The highest BCUT2D eigenvalue weighted by Gasteiger charge is 2.23. The number of rotatable bonds is 1. The molecule has 17 heavy (non-hydrogen) atoms. The number of nitrogens with two attached hydrogens (primary N) is 1. The van der Waals surface area contributed by atoms with E-state index in [1.54, 1.807) is 0 Å². The highest BCUT2D eigenvalue weighted by atomic mass is 14.8. The Morgan fingerprint density at radius 1 is 1.18 bits per heavy atom. The Labute approximate surface area is 101 Å². The first kappa shape index (κ1) is 10.3. The summed E-state index contributed by atoms with van der Waals surface area (Å²) in [6.07, 6.45) is 5.30. The van der Waals surface area contributed by atoms with Crippen molar-refractivity contribution in [2.24, 2.45) is 0 Å². The predicted molar refractivity (Wildman–Crippen MR) is 67.7 cm³/mol. The van der Waals surface area contributed by atoms with Gasteiger partial charge in [0.25, 0.3) is 0 Å². The largest absolute Gasteiger partial charge is 0.384 e. The minimum atomic E-state index is 0.309. The summed E-state index contributed by atoms with van der Waals surface area (Å²) in [5.41, 5.74) is 9.33. The maximum Gasteiger partial charge on any atom is 0.123 e. The average molecular weight is 225 g/mol. The number of aromatic nitrogens is 2. The lowest BCUT2D eigenvalue weighted by atomic mass is 9.84. The maximum absolute atomic E-state index is 5.75. The van der Waals surface area contributed by atoms with E-state index < -0.39 is 0 Å². The Kier molecular flexibility index (Phi) is 2.52. The van der Waals surface area contributed by atoms with Crippen LogP contribution in [0.3, 0.4) is 0 Å². The minimum Gasteiger partial charge on any atom is -0.384 e. The fraction of sp³-hybridized carbons (Fsp3) is 0.286. The third-order valence-corrected chi connectivity index (χ3v) is 3.34. The average Bonchev–Trinajstić information content (AvgIpc) is 2.38. The molecule has 0 bridgehead atoms. The van der Waals surface area contributed by atoms with Crippen LogP contribution in [0.1, 0.15) is 35.7 Å². The van der Waals surface area contributed by atoms with E-state index in [4.69, 9.17) is 5.73 Å². The Hall–Kier alpha value is -1.90. The van der Waals surface area contributed by atoms with Crippen LogP contribution in [0.4, 0.5) is 5.82 Å². The molecule has 0 aromatic carbocycles. The fourth-order valence-electron chi connectivity index (χ4n) is 2.56. The molecular weight excluding hydrogens is 210 g/mol. The lowest BCUT2D eigenvalue weighted by Gasteiger charge is -2.23. The van der Waals surface area contributed by atoms with Crippen LogP contribution in [0.15, 0.2) is 36.5 Å². The molecule has 0 spiro atoms. The molecule has 1 aliphatic rings. The van der Waals surface area contributed by atoms with E-state index in [1.807, 2.05) is 30.5 Å². The Balaban J connectivity index is 2.06. The van der Waals surface area contributed by atoms with Gasteiger partial charge in [-0.3, -0.25) is 4.98 Å². The molecule has 0 saturated heterocycles. The van der Waals surface area contributed by atoms with Gasteiger partial charge in [0, 0.05) is 12.1 Å². The van der Waals surface area contributed by atoms with E-state index in [0.717, 1.165) is 18.5 Å². The standard InChI is InChI=1S/C14H15N3/c15-13-8-2-7-12(17-13)11-6-1-4-10-5-3-9-16-14(10)11/h2-3,5,7-9,11H,1,4,6H2,(H2,15,17). The van der Waals surface area contributed by atoms with Crippen LogP contribution in [0.5, 0.6) is 0 Å². The molecule has 1 unspecified atom stereocenters. The number of anilines is 1. The smallest absolute Gasteiger partial charge is 0.123 e. The Morgan fingerprint density at radius 2 is 2.12 bits per heavy atom. The van der Waals surface area contributed by atoms with Crippen molar-refractivity contribution in [3.05, 3.63) is 53.5 Å². The van der Waals surface area contributed by atoms with Crippen molar-refractivity contribution in [2.45, 2.75) is 25.2 Å². The van der Waals surface area contributed by atoms with Crippen molar-refractivity contribution in [1.29, 1.82) is 0 Å². The van der Waals surface area contributed by atoms with Gasteiger partial charge < -0.3 is 5.73 Å². The highest BCUT2D eigenvalue weighted by molar-refractivity contribution is 5.36. The van der Waals surface area contributed by atoms with E-state index in [0.29, 0.717) is 11.7 Å². The van der Waals surface area contributed by atoms with Crippen LogP contribution in [0.2, 0.25) is 0 Å². The van der Waals surface area contributed by atoms with E-state index in [1.165, 1.54) is 17.7 Å². The quantitative estimate of drug-likeness (QED) is 0.811. The Bertz CT molecular complexity index is 536. The first-order valence-corrected chi connectivity index (χ1v) is 6.01. The normalized spacial score (nSPS) is 18.7. The number of hydrogen-bond acceptors (Lipinski definition) is 3. The van der Waals surface area contributed by atoms with Crippen molar-refractivity contribution in [3.63, 3.8) is 0 Å². The van der Waals surface area contributed by atoms with Crippen LogP contribution in [0.25, 0.3) is 0 Å². The molecular formula is C14H15N3. The van der Waals surface area contributed by atoms with E-state index in [-0.39, 0.29) is 0 Å². The van der Waals surface area contributed by atoms with Gasteiger partial charge in [-0.15, -0.1) is 0 Å². The molecule has 3 heteroatoms. The molecule has 0 fully saturated rings. The summed E-state index contributed by atoms with van der Waals surface area (Å²) in [5, 5.41) is 0. The number of nitrogens with zero attached hydrogens (tertiary/aromatic N) is 2. The molecule has 3 rings (SSSR count). The van der Waals surface area contributed by atoms with Gasteiger partial charge in [0.2, 0.25) is 0 Å². The van der Waals surface area contributed by atoms with Crippen LogP contribution in [0, 0.1) is 0 Å². The first-order valence-electron chi connectivity index (χ1n) is 6.01. The van der Waals surface area contributed by atoms with E-state index in [9.17, 15) is 0 Å². The first-order chi connectivity index (χ1) is 8.34. The van der Waals surface area contributed by atoms with Crippen molar-refractivity contribution in [1.82, 2.24) is 9.97 Å². The number of fused-ring (bicyclic) bond motifs is 1. The molecule has 86 valence electrons. The van der Waals surface area contributed by atoms with Crippen molar-refractivity contribution < 1.29 is 0 Å². The molecule has 2 heterocycles. The number of pyridine rings is 2. The second-order valence-corrected chi connectivity index (χ2v) is 4.48. The third-order valence-electron chi connectivity index (χ3n) is 3.34. The van der Waals surface area contributed by atoms with Crippen LogP contribution < -0.4 is 5.73 Å². The molecule has 2 N–H and O–H groups in total. The molecule has 1 atom stereocenters. The lowest BCUT2D eigenvalue weighted by molar-refractivity contribution is 0.588. The summed E-state index contributed by atoms with van der Waals surface area (Å²) in [7, 11) is 0. The van der Waals surface area contributed by atoms with Gasteiger partial charge in [0.15, 0.2) is 0 Å². The topological polar surface area (TPSA) is 51.8 Å². The Morgan fingerprint density at radius 3 is 3.00 bits per heavy atom. The fourth-order valence-corrected chi connectivity index (χ4v) is 2.56. The molecule has 3 nitrogen and oxygen atoms in total. The van der Waals surface area contributed by atoms with E-state index >= 15 is 0 Å². The molecule has 0 aliphatic heterocycles. The maximum atomic E-state index is 5.75. The van der Waals surface area contributed by atoms with Crippen molar-refractivity contribution in [3.8, 4) is 0 Å². The number of hydrogen-bond donors (Lipinski definition) is 1. The van der Waals surface area contributed by atoms with Gasteiger partial charge in [-0.1, -0.05) is 12.1 Å². The summed E-state index contributed by atoms with van der Waals surface area (Å²) < 4.78 is 0. The molecule has 2 aromatic heterocycles. The van der Waals surface area contributed by atoms with Crippen LogP contribution in [-0.2, 0) is 6.42 Å². The molecule has 0 radical (unpaired) electrons. The SMILES string of the molecule is Nc1cccc(C2CCCc3cccnc32)n1.